The molecule has 0 saturated carbocycles. The minimum atomic E-state index is -0.671. The van der Waals surface area contributed by atoms with Gasteiger partial charge in [-0.1, -0.05) is 30.3 Å². The number of benzene rings is 1. The van der Waals surface area contributed by atoms with E-state index in [1.165, 1.54) is 5.56 Å². The van der Waals surface area contributed by atoms with E-state index in [9.17, 15) is 4.79 Å². The van der Waals surface area contributed by atoms with Gasteiger partial charge in [0.15, 0.2) is 6.29 Å². The molecule has 1 aromatic carbocycles. The van der Waals surface area contributed by atoms with E-state index >= 15 is 0 Å². The highest BCUT2D eigenvalue weighted by Crippen LogP contribution is 2.37. The zero-order valence-electron chi connectivity index (χ0n) is 9.01. The Morgan fingerprint density at radius 2 is 2.13 bits per heavy atom. The Kier molecular flexibility index (Phi) is 2.59. The van der Waals surface area contributed by atoms with Crippen LogP contribution < -0.4 is 0 Å². The maximum absolute atomic E-state index is 10.9. The number of hydrogen-bond acceptors (Lipinski definition) is 3. The Labute approximate surface area is 89.6 Å². The Balaban J connectivity index is 2.23. The monoisotopic (exact) mass is 205 g/mol. The van der Waals surface area contributed by atoms with Gasteiger partial charge < -0.3 is 4.79 Å². The van der Waals surface area contributed by atoms with E-state index < -0.39 is 5.60 Å². The van der Waals surface area contributed by atoms with E-state index in [1.807, 2.05) is 32.2 Å². The van der Waals surface area contributed by atoms with Crippen molar-refractivity contribution in [1.82, 2.24) is 5.06 Å². The molecule has 1 aromatic rings. The van der Waals surface area contributed by atoms with Crippen LogP contribution in [0.3, 0.4) is 0 Å². The van der Waals surface area contributed by atoms with Crippen molar-refractivity contribution in [3.05, 3.63) is 35.9 Å². The summed E-state index contributed by atoms with van der Waals surface area (Å²) in [6.45, 7) is 1.82. The van der Waals surface area contributed by atoms with E-state index in [1.54, 1.807) is 5.06 Å². The van der Waals surface area contributed by atoms with Crippen molar-refractivity contribution in [1.29, 1.82) is 0 Å². The topological polar surface area (TPSA) is 29.5 Å². The quantitative estimate of drug-likeness (QED) is 0.691. The smallest absolute Gasteiger partial charge is 0.153 e. The van der Waals surface area contributed by atoms with Gasteiger partial charge in [0.2, 0.25) is 0 Å². The molecule has 0 radical (unpaired) electrons. The van der Waals surface area contributed by atoms with Gasteiger partial charge in [-0.05, 0) is 12.5 Å². The number of carbonyl (C=O) groups excluding carboxylic acids is 1. The number of rotatable bonds is 2. The van der Waals surface area contributed by atoms with Gasteiger partial charge in [-0.2, -0.15) is 5.06 Å². The molecule has 2 atom stereocenters. The van der Waals surface area contributed by atoms with Crippen LogP contribution in [0.15, 0.2) is 30.3 Å². The molecule has 3 heteroatoms. The largest absolute Gasteiger partial charge is 0.300 e. The van der Waals surface area contributed by atoms with Crippen LogP contribution in [0.25, 0.3) is 0 Å². The number of carbonyl (C=O) groups is 1. The fourth-order valence-corrected chi connectivity index (χ4v) is 2.01. The molecule has 0 bridgehead atoms. The SMILES string of the molecule is CN1O[C@](C)(C=O)CC1c1ccccc1. The standard InChI is InChI=1S/C12H15NO2/c1-12(9-14)8-11(13(2)15-12)10-6-4-3-5-7-10/h3-7,9,11H,8H2,1-2H3/t11?,12-/m0/s1. The summed E-state index contributed by atoms with van der Waals surface area (Å²) >= 11 is 0. The van der Waals surface area contributed by atoms with Gasteiger partial charge in [0.05, 0.1) is 6.04 Å². The van der Waals surface area contributed by atoms with Crippen molar-refractivity contribution in [3.8, 4) is 0 Å². The molecule has 1 saturated heterocycles. The summed E-state index contributed by atoms with van der Waals surface area (Å²) in [6.07, 6.45) is 1.59. The second-order valence-electron chi connectivity index (χ2n) is 4.20. The highest BCUT2D eigenvalue weighted by molar-refractivity contribution is 5.62. The fourth-order valence-electron chi connectivity index (χ4n) is 2.01. The number of aldehydes is 1. The minimum absolute atomic E-state index is 0.168. The van der Waals surface area contributed by atoms with Gasteiger partial charge in [0, 0.05) is 13.5 Å². The third-order valence-corrected chi connectivity index (χ3v) is 2.82. The van der Waals surface area contributed by atoms with Gasteiger partial charge in [-0.25, -0.2) is 0 Å². The van der Waals surface area contributed by atoms with Crippen LogP contribution in [0.1, 0.15) is 24.9 Å². The van der Waals surface area contributed by atoms with E-state index in [4.69, 9.17) is 4.84 Å². The maximum atomic E-state index is 10.9. The van der Waals surface area contributed by atoms with Crippen molar-refractivity contribution in [3.63, 3.8) is 0 Å². The molecule has 1 aliphatic heterocycles. The van der Waals surface area contributed by atoms with Gasteiger partial charge in [-0.15, -0.1) is 0 Å². The van der Waals surface area contributed by atoms with Gasteiger partial charge in [0.1, 0.15) is 5.60 Å². The summed E-state index contributed by atoms with van der Waals surface area (Å²) in [5.74, 6) is 0. The summed E-state index contributed by atoms with van der Waals surface area (Å²) < 4.78 is 0. The van der Waals surface area contributed by atoms with E-state index in [-0.39, 0.29) is 6.04 Å². The second-order valence-corrected chi connectivity index (χ2v) is 4.20. The molecule has 1 unspecified atom stereocenters. The van der Waals surface area contributed by atoms with Crippen LogP contribution in [0.5, 0.6) is 0 Å². The van der Waals surface area contributed by atoms with Crippen molar-refractivity contribution >= 4 is 6.29 Å². The third-order valence-electron chi connectivity index (χ3n) is 2.82. The molecule has 0 aromatic heterocycles. The molecule has 0 N–H and O–H groups in total. The molecular weight excluding hydrogens is 190 g/mol. The molecule has 0 amide bonds. The lowest BCUT2D eigenvalue weighted by atomic mass is 9.95. The zero-order valence-corrected chi connectivity index (χ0v) is 9.01. The fraction of sp³-hybridized carbons (Fsp3) is 0.417. The van der Waals surface area contributed by atoms with E-state index in [2.05, 4.69) is 12.1 Å². The zero-order chi connectivity index (χ0) is 10.9. The average molecular weight is 205 g/mol. The molecule has 1 fully saturated rings. The molecule has 0 spiro atoms. The highest BCUT2D eigenvalue weighted by atomic mass is 16.7. The van der Waals surface area contributed by atoms with Gasteiger partial charge >= 0.3 is 0 Å². The first-order valence-corrected chi connectivity index (χ1v) is 5.08. The van der Waals surface area contributed by atoms with Crippen molar-refractivity contribution in [2.24, 2.45) is 0 Å². The Morgan fingerprint density at radius 3 is 2.67 bits per heavy atom. The Bertz CT molecular complexity index is 352. The summed E-state index contributed by atoms with van der Waals surface area (Å²) in [7, 11) is 1.87. The minimum Gasteiger partial charge on any atom is -0.300 e. The summed E-state index contributed by atoms with van der Waals surface area (Å²) in [4.78, 5) is 16.4. The van der Waals surface area contributed by atoms with Crippen LogP contribution in [0.4, 0.5) is 0 Å². The highest BCUT2D eigenvalue weighted by Gasteiger charge is 2.41. The van der Waals surface area contributed by atoms with Crippen LogP contribution in [-0.2, 0) is 9.63 Å². The lowest BCUT2D eigenvalue weighted by Gasteiger charge is -2.17. The van der Waals surface area contributed by atoms with Crippen LogP contribution in [0, 0.1) is 0 Å². The number of nitrogens with zero attached hydrogens (tertiary/aromatic N) is 1. The summed E-state index contributed by atoms with van der Waals surface area (Å²) in [5.41, 5.74) is 0.514. The molecule has 15 heavy (non-hydrogen) atoms. The molecular formula is C12H15NO2. The summed E-state index contributed by atoms with van der Waals surface area (Å²) in [5, 5.41) is 1.77. The molecule has 2 rings (SSSR count). The van der Waals surface area contributed by atoms with Crippen LogP contribution in [0.2, 0.25) is 0 Å². The first kappa shape index (κ1) is 10.3. The summed E-state index contributed by atoms with van der Waals surface area (Å²) in [6, 6.07) is 10.3. The first-order chi connectivity index (χ1) is 7.14. The van der Waals surface area contributed by atoms with E-state index in [0.29, 0.717) is 6.42 Å². The van der Waals surface area contributed by atoms with Gasteiger partial charge in [-0.3, -0.25) is 4.84 Å². The number of hydroxylamine groups is 2. The predicted octanol–water partition coefficient (Wildman–Crippen LogP) is 1.95. The number of hydrogen-bond donors (Lipinski definition) is 0. The second kappa shape index (κ2) is 3.76. The van der Waals surface area contributed by atoms with Gasteiger partial charge in [0.25, 0.3) is 0 Å². The lowest BCUT2D eigenvalue weighted by Crippen LogP contribution is -2.27. The Hall–Kier alpha value is -1.19. The molecule has 1 aliphatic rings. The van der Waals surface area contributed by atoms with E-state index in [0.717, 1.165) is 6.29 Å². The van der Waals surface area contributed by atoms with Crippen LogP contribution >= 0.6 is 0 Å². The third kappa shape index (κ3) is 1.94. The average Bonchev–Trinajstić information content (AvgIpc) is 2.57. The maximum Gasteiger partial charge on any atom is 0.153 e. The molecule has 3 nitrogen and oxygen atoms in total. The predicted molar refractivity (Wildman–Crippen MR) is 57.1 cm³/mol. The first-order valence-electron chi connectivity index (χ1n) is 5.08. The van der Waals surface area contributed by atoms with Crippen molar-refractivity contribution in [2.45, 2.75) is 25.0 Å². The molecule has 1 heterocycles. The van der Waals surface area contributed by atoms with Crippen molar-refractivity contribution in [2.75, 3.05) is 7.05 Å². The normalized spacial score (nSPS) is 31.7. The van der Waals surface area contributed by atoms with Crippen LogP contribution in [-0.4, -0.2) is 24.0 Å². The van der Waals surface area contributed by atoms with Crippen molar-refractivity contribution < 1.29 is 9.63 Å². The molecule has 80 valence electrons. The Morgan fingerprint density at radius 1 is 1.47 bits per heavy atom. The molecule has 0 aliphatic carbocycles. The lowest BCUT2D eigenvalue weighted by molar-refractivity contribution is -0.182.